The van der Waals surface area contributed by atoms with Gasteiger partial charge in [-0.25, -0.2) is 0 Å². The quantitative estimate of drug-likeness (QED) is 0.454. The second kappa shape index (κ2) is 4.32. The van der Waals surface area contributed by atoms with E-state index < -0.39 is 11.4 Å². The van der Waals surface area contributed by atoms with Gasteiger partial charge in [0, 0.05) is 4.92 Å². The lowest BCUT2D eigenvalue weighted by atomic mass is 9.53. The van der Waals surface area contributed by atoms with E-state index in [2.05, 4.69) is 6.08 Å². The van der Waals surface area contributed by atoms with Gasteiger partial charge in [0.25, 0.3) is 0 Å². The summed E-state index contributed by atoms with van der Waals surface area (Å²) in [6, 6.07) is 0. The molecule has 0 heterocycles. The smallest absolute Gasteiger partial charge is 0.304 e. The number of fused-ring (bicyclic) bond motifs is 1. The Morgan fingerprint density at radius 2 is 2.26 bits per heavy atom. The average molecular weight is 265 g/mol. The third kappa shape index (κ3) is 2.38. The van der Waals surface area contributed by atoms with Gasteiger partial charge in [-0.3, -0.25) is 14.9 Å². The Balaban J connectivity index is 1.73. The van der Waals surface area contributed by atoms with Gasteiger partial charge in [-0.1, -0.05) is 11.6 Å². The summed E-state index contributed by atoms with van der Waals surface area (Å²) in [6.07, 6.45) is 7.61. The first-order chi connectivity index (χ1) is 8.98. The molecular weight excluding hydrogens is 246 g/mol. The second-order valence-corrected chi connectivity index (χ2v) is 6.59. The predicted molar refractivity (Wildman–Crippen MR) is 68.2 cm³/mol. The fourth-order valence-electron chi connectivity index (χ4n) is 4.11. The molecule has 3 aliphatic carbocycles. The summed E-state index contributed by atoms with van der Waals surface area (Å²) >= 11 is 0. The SMILES string of the molecule is O=C(O)C[C@@]1(C[N+](=O)[O-])C[C@H]2CC(CC3CC3)=C[C@H]21. The van der Waals surface area contributed by atoms with Gasteiger partial charge < -0.3 is 5.11 Å². The van der Waals surface area contributed by atoms with Crippen molar-refractivity contribution in [2.24, 2.45) is 23.2 Å². The Kier molecular flexibility index (Phi) is 2.87. The number of carboxylic acids is 1. The van der Waals surface area contributed by atoms with Crippen LogP contribution in [0.4, 0.5) is 0 Å². The monoisotopic (exact) mass is 265 g/mol. The van der Waals surface area contributed by atoms with Crippen LogP contribution < -0.4 is 0 Å². The minimum atomic E-state index is -0.913. The Bertz CT molecular complexity index is 436. The standard InChI is InChI=1S/C14H19NO4/c16-13(17)7-14(8-15(18)19)6-11-4-10(5-12(11)14)3-9-1-2-9/h5,9,11-12H,1-4,6-8H2,(H,16,17)/t11-,12-,14-/m1/s1. The molecule has 3 aliphatic rings. The van der Waals surface area contributed by atoms with Crippen molar-refractivity contribution < 1.29 is 14.8 Å². The number of nitro groups is 1. The van der Waals surface area contributed by atoms with E-state index in [-0.39, 0.29) is 23.8 Å². The van der Waals surface area contributed by atoms with Crippen LogP contribution in [0.25, 0.3) is 0 Å². The molecule has 0 aromatic carbocycles. The highest BCUT2D eigenvalue weighted by Gasteiger charge is 2.58. The molecule has 2 fully saturated rings. The summed E-state index contributed by atoms with van der Waals surface area (Å²) < 4.78 is 0. The summed E-state index contributed by atoms with van der Waals surface area (Å²) in [5.41, 5.74) is 0.804. The van der Waals surface area contributed by atoms with Gasteiger partial charge in [0.15, 0.2) is 0 Å². The van der Waals surface area contributed by atoms with E-state index in [1.165, 1.54) is 18.4 Å². The molecule has 3 rings (SSSR count). The van der Waals surface area contributed by atoms with E-state index in [4.69, 9.17) is 5.11 Å². The molecule has 0 aliphatic heterocycles. The summed E-state index contributed by atoms with van der Waals surface area (Å²) in [4.78, 5) is 21.5. The molecule has 2 saturated carbocycles. The molecule has 104 valence electrons. The first kappa shape index (κ1) is 12.6. The van der Waals surface area contributed by atoms with E-state index in [1.54, 1.807) is 0 Å². The molecule has 5 nitrogen and oxygen atoms in total. The van der Waals surface area contributed by atoms with Crippen LogP contribution in [-0.4, -0.2) is 22.5 Å². The number of hydrogen-bond acceptors (Lipinski definition) is 3. The lowest BCUT2D eigenvalue weighted by molar-refractivity contribution is -0.505. The first-order valence-corrected chi connectivity index (χ1v) is 7.02. The van der Waals surface area contributed by atoms with E-state index in [0.29, 0.717) is 12.3 Å². The van der Waals surface area contributed by atoms with Crippen molar-refractivity contribution in [3.05, 3.63) is 21.8 Å². The number of aliphatic carboxylic acids is 1. The molecule has 0 saturated heterocycles. The number of carboxylic acid groups (broad SMARTS) is 1. The van der Waals surface area contributed by atoms with Gasteiger partial charge in [0.2, 0.25) is 6.54 Å². The van der Waals surface area contributed by atoms with Crippen molar-refractivity contribution in [3.63, 3.8) is 0 Å². The van der Waals surface area contributed by atoms with Crippen LogP contribution in [0, 0.1) is 33.3 Å². The normalized spacial score (nSPS) is 36.3. The topological polar surface area (TPSA) is 80.4 Å². The van der Waals surface area contributed by atoms with Crippen LogP contribution in [0.2, 0.25) is 0 Å². The van der Waals surface area contributed by atoms with Crippen LogP contribution in [-0.2, 0) is 4.79 Å². The Hall–Kier alpha value is -1.39. The highest BCUT2D eigenvalue weighted by atomic mass is 16.6. The van der Waals surface area contributed by atoms with Gasteiger partial charge in [-0.05, 0) is 49.9 Å². The highest BCUT2D eigenvalue weighted by molar-refractivity contribution is 5.68. The molecule has 0 spiro atoms. The van der Waals surface area contributed by atoms with Crippen molar-refractivity contribution in [1.29, 1.82) is 0 Å². The zero-order valence-corrected chi connectivity index (χ0v) is 10.9. The molecule has 1 N–H and O–H groups in total. The van der Waals surface area contributed by atoms with E-state index in [1.807, 2.05) is 0 Å². The zero-order chi connectivity index (χ0) is 13.6. The molecule has 5 heteroatoms. The van der Waals surface area contributed by atoms with Crippen molar-refractivity contribution in [2.45, 2.75) is 38.5 Å². The minimum Gasteiger partial charge on any atom is -0.481 e. The van der Waals surface area contributed by atoms with E-state index in [9.17, 15) is 14.9 Å². The van der Waals surface area contributed by atoms with E-state index in [0.717, 1.165) is 18.8 Å². The molecule has 3 atom stereocenters. The molecule has 0 unspecified atom stereocenters. The predicted octanol–water partition coefficient (Wildman–Crippen LogP) is 2.49. The lowest BCUT2D eigenvalue weighted by Crippen LogP contribution is -2.50. The number of nitrogens with zero attached hydrogens (tertiary/aromatic N) is 1. The maximum atomic E-state index is 11.0. The van der Waals surface area contributed by atoms with Gasteiger partial charge in [-0.15, -0.1) is 0 Å². The average Bonchev–Trinajstić information content (AvgIpc) is 3.00. The third-order valence-corrected chi connectivity index (χ3v) is 5.02. The maximum absolute atomic E-state index is 11.0. The van der Waals surface area contributed by atoms with Crippen LogP contribution in [0.3, 0.4) is 0 Å². The van der Waals surface area contributed by atoms with Gasteiger partial charge in [-0.2, -0.15) is 0 Å². The summed E-state index contributed by atoms with van der Waals surface area (Å²) in [5, 5.41) is 19.9. The van der Waals surface area contributed by atoms with Gasteiger partial charge >= 0.3 is 5.97 Å². The summed E-state index contributed by atoms with van der Waals surface area (Å²) in [7, 11) is 0. The largest absolute Gasteiger partial charge is 0.481 e. The number of rotatable bonds is 6. The van der Waals surface area contributed by atoms with Gasteiger partial charge in [0.05, 0.1) is 11.8 Å². The molecule has 0 amide bonds. The van der Waals surface area contributed by atoms with Crippen molar-refractivity contribution in [1.82, 2.24) is 0 Å². The molecule has 0 bridgehead atoms. The zero-order valence-electron chi connectivity index (χ0n) is 10.9. The Morgan fingerprint density at radius 3 is 2.84 bits per heavy atom. The summed E-state index contributed by atoms with van der Waals surface area (Å²) in [5.74, 6) is 0.508. The van der Waals surface area contributed by atoms with Crippen molar-refractivity contribution >= 4 is 5.97 Å². The van der Waals surface area contributed by atoms with Crippen LogP contribution in [0.15, 0.2) is 11.6 Å². The minimum absolute atomic E-state index is 0.0671. The Morgan fingerprint density at radius 1 is 1.53 bits per heavy atom. The first-order valence-electron chi connectivity index (χ1n) is 7.02. The highest BCUT2D eigenvalue weighted by Crippen LogP contribution is 2.60. The molecule has 0 aromatic rings. The number of allylic oxidation sites excluding steroid dienone is 2. The molecule has 19 heavy (non-hydrogen) atoms. The van der Waals surface area contributed by atoms with E-state index >= 15 is 0 Å². The fourth-order valence-corrected chi connectivity index (χ4v) is 4.11. The van der Waals surface area contributed by atoms with Crippen LogP contribution >= 0.6 is 0 Å². The van der Waals surface area contributed by atoms with Crippen molar-refractivity contribution in [3.8, 4) is 0 Å². The van der Waals surface area contributed by atoms with Crippen molar-refractivity contribution in [2.75, 3.05) is 6.54 Å². The van der Waals surface area contributed by atoms with Crippen LogP contribution in [0.1, 0.15) is 38.5 Å². The molecule has 0 radical (unpaired) electrons. The molecule has 0 aromatic heterocycles. The number of carbonyl (C=O) groups is 1. The molecular formula is C14H19NO4. The summed E-state index contributed by atoms with van der Waals surface area (Å²) in [6.45, 7) is -0.201. The fraction of sp³-hybridized carbons (Fsp3) is 0.786. The second-order valence-electron chi connectivity index (χ2n) is 6.59. The maximum Gasteiger partial charge on any atom is 0.304 e. The number of hydrogen-bond donors (Lipinski definition) is 1. The third-order valence-electron chi connectivity index (χ3n) is 5.02. The van der Waals surface area contributed by atoms with Gasteiger partial charge in [0.1, 0.15) is 0 Å². The van der Waals surface area contributed by atoms with Crippen LogP contribution in [0.5, 0.6) is 0 Å². The lowest BCUT2D eigenvalue weighted by Gasteiger charge is -2.48. The Labute approximate surface area is 111 Å².